The van der Waals surface area contributed by atoms with Gasteiger partial charge >= 0.3 is 0 Å². The van der Waals surface area contributed by atoms with Crippen LogP contribution in [0.2, 0.25) is 0 Å². The number of nitrogens with zero attached hydrogens (tertiary/aromatic N) is 1. The van der Waals surface area contributed by atoms with Crippen molar-refractivity contribution in [3.63, 3.8) is 0 Å². The third kappa shape index (κ3) is 3.19. The van der Waals surface area contributed by atoms with E-state index in [2.05, 4.69) is 34.2 Å². The molecule has 1 unspecified atom stereocenters. The lowest BCUT2D eigenvalue weighted by Crippen LogP contribution is -2.09. The first-order valence-electron chi connectivity index (χ1n) is 6.27. The van der Waals surface area contributed by atoms with Gasteiger partial charge < -0.3 is 5.32 Å². The highest BCUT2D eigenvalue weighted by atomic mass is 79.9. The van der Waals surface area contributed by atoms with E-state index in [0.29, 0.717) is 5.56 Å². The third-order valence-electron chi connectivity index (χ3n) is 3.11. The first kappa shape index (κ1) is 15.0. The number of nitro benzene ring substituents is 1. The molecule has 0 saturated carbocycles. The Labute approximate surface area is 130 Å². The van der Waals surface area contributed by atoms with Crippen LogP contribution in [0.15, 0.2) is 34.1 Å². The Balaban J connectivity index is 2.33. The van der Waals surface area contributed by atoms with Crippen LogP contribution in [0, 0.1) is 17.0 Å². The molecule has 6 heteroatoms. The van der Waals surface area contributed by atoms with Gasteiger partial charge in [-0.15, -0.1) is 11.3 Å². The van der Waals surface area contributed by atoms with Gasteiger partial charge in [0.25, 0.3) is 5.69 Å². The Kier molecular flexibility index (Phi) is 4.77. The monoisotopic (exact) mass is 354 g/mol. The molecular formula is C14H15BrN2O2S. The fourth-order valence-corrected chi connectivity index (χ4v) is 3.45. The summed E-state index contributed by atoms with van der Waals surface area (Å²) in [5.74, 6) is 0. The van der Waals surface area contributed by atoms with Crippen molar-refractivity contribution in [1.29, 1.82) is 0 Å². The molecule has 20 heavy (non-hydrogen) atoms. The molecule has 0 bridgehead atoms. The zero-order valence-electron chi connectivity index (χ0n) is 11.2. The lowest BCUT2D eigenvalue weighted by molar-refractivity contribution is -0.385. The maximum atomic E-state index is 11.0. The Morgan fingerprint density at radius 2 is 2.25 bits per heavy atom. The predicted molar refractivity (Wildman–Crippen MR) is 86.5 cm³/mol. The van der Waals surface area contributed by atoms with Crippen molar-refractivity contribution >= 4 is 38.6 Å². The van der Waals surface area contributed by atoms with Gasteiger partial charge in [-0.1, -0.05) is 13.0 Å². The normalized spacial score (nSPS) is 12.2. The van der Waals surface area contributed by atoms with Crippen LogP contribution >= 0.6 is 27.3 Å². The first-order valence-corrected chi connectivity index (χ1v) is 7.94. The standard InChI is InChI=1S/C14H15BrN2O2S/c1-3-11(14-5-4-6-20-14)16-12-8-13(17(18)19)9(2)7-10(12)15/h4-8,11,16H,3H2,1-2H3. The SMILES string of the molecule is CCC(Nc1cc([N+](=O)[O-])c(C)cc1Br)c1cccs1. The van der Waals surface area contributed by atoms with Gasteiger partial charge in [-0.05, 0) is 46.8 Å². The molecule has 0 spiro atoms. The van der Waals surface area contributed by atoms with E-state index < -0.39 is 0 Å². The fourth-order valence-electron chi connectivity index (χ4n) is 2.02. The molecule has 1 heterocycles. The average Bonchev–Trinajstić information content (AvgIpc) is 2.91. The molecule has 2 aromatic rings. The van der Waals surface area contributed by atoms with E-state index in [-0.39, 0.29) is 16.7 Å². The van der Waals surface area contributed by atoms with E-state index in [9.17, 15) is 10.1 Å². The minimum absolute atomic E-state index is 0.136. The highest BCUT2D eigenvalue weighted by Gasteiger charge is 2.17. The van der Waals surface area contributed by atoms with Crippen molar-refractivity contribution < 1.29 is 4.92 Å². The molecule has 106 valence electrons. The maximum absolute atomic E-state index is 11.0. The summed E-state index contributed by atoms with van der Waals surface area (Å²) in [4.78, 5) is 11.9. The summed E-state index contributed by atoms with van der Waals surface area (Å²) >= 11 is 5.15. The van der Waals surface area contributed by atoms with Gasteiger partial charge in [0.15, 0.2) is 0 Å². The van der Waals surface area contributed by atoms with E-state index >= 15 is 0 Å². The number of hydrogen-bond donors (Lipinski definition) is 1. The van der Waals surface area contributed by atoms with Crippen molar-refractivity contribution in [3.05, 3.63) is 54.7 Å². The first-order chi connectivity index (χ1) is 9.52. The summed E-state index contributed by atoms with van der Waals surface area (Å²) in [5.41, 5.74) is 1.54. The van der Waals surface area contributed by atoms with Gasteiger partial charge in [0, 0.05) is 21.0 Å². The van der Waals surface area contributed by atoms with Crippen LogP contribution in [0.25, 0.3) is 0 Å². The molecule has 0 saturated heterocycles. The highest BCUT2D eigenvalue weighted by molar-refractivity contribution is 9.10. The van der Waals surface area contributed by atoms with Crippen molar-refractivity contribution in [2.75, 3.05) is 5.32 Å². The average molecular weight is 355 g/mol. The summed E-state index contributed by atoms with van der Waals surface area (Å²) in [6.07, 6.45) is 0.911. The minimum Gasteiger partial charge on any atom is -0.376 e. The number of benzene rings is 1. The van der Waals surface area contributed by atoms with E-state index in [1.165, 1.54) is 4.88 Å². The quantitative estimate of drug-likeness (QED) is 0.586. The summed E-state index contributed by atoms with van der Waals surface area (Å²) in [6.45, 7) is 3.83. The number of rotatable bonds is 5. The second-order valence-electron chi connectivity index (χ2n) is 4.50. The molecule has 4 nitrogen and oxygen atoms in total. The number of anilines is 1. The Morgan fingerprint density at radius 3 is 2.80 bits per heavy atom. The predicted octanol–water partition coefficient (Wildman–Crippen LogP) is 5.29. The van der Waals surface area contributed by atoms with E-state index in [1.54, 1.807) is 30.4 Å². The third-order valence-corrected chi connectivity index (χ3v) is 4.75. The summed E-state index contributed by atoms with van der Waals surface area (Å²) < 4.78 is 0.843. The molecule has 1 aromatic carbocycles. The molecule has 1 atom stereocenters. The number of hydrogen-bond acceptors (Lipinski definition) is 4. The zero-order valence-corrected chi connectivity index (χ0v) is 13.6. The van der Waals surface area contributed by atoms with Crippen LogP contribution in [-0.2, 0) is 0 Å². The topological polar surface area (TPSA) is 55.2 Å². The van der Waals surface area contributed by atoms with Gasteiger partial charge in [0.05, 0.1) is 16.7 Å². The summed E-state index contributed by atoms with van der Waals surface area (Å²) in [7, 11) is 0. The minimum atomic E-state index is -0.348. The molecule has 0 fully saturated rings. The Hall–Kier alpha value is -1.40. The van der Waals surface area contributed by atoms with E-state index in [0.717, 1.165) is 16.6 Å². The van der Waals surface area contributed by atoms with Gasteiger partial charge in [-0.2, -0.15) is 0 Å². The fraction of sp³-hybridized carbons (Fsp3) is 0.286. The maximum Gasteiger partial charge on any atom is 0.274 e. The molecule has 0 amide bonds. The van der Waals surface area contributed by atoms with Crippen molar-refractivity contribution in [2.45, 2.75) is 26.3 Å². The van der Waals surface area contributed by atoms with Crippen LogP contribution in [0.4, 0.5) is 11.4 Å². The van der Waals surface area contributed by atoms with Gasteiger partial charge in [-0.25, -0.2) is 0 Å². The van der Waals surface area contributed by atoms with Crippen molar-refractivity contribution in [2.24, 2.45) is 0 Å². The molecule has 0 aliphatic rings. The number of nitrogens with one attached hydrogen (secondary N) is 1. The largest absolute Gasteiger partial charge is 0.376 e. The number of halogens is 1. The van der Waals surface area contributed by atoms with Gasteiger partial charge in [-0.3, -0.25) is 10.1 Å². The lowest BCUT2D eigenvalue weighted by atomic mass is 10.1. The van der Waals surface area contributed by atoms with E-state index in [1.807, 2.05) is 11.4 Å². The Morgan fingerprint density at radius 1 is 1.50 bits per heavy atom. The smallest absolute Gasteiger partial charge is 0.274 e. The molecular weight excluding hydrogens is 340 g/mol. The number of aryl methyl sites for hydroxylation is 1. The summed E-state index contributed by atoms with van der Waals surface area (Å²) in [6, 6.07) is 7.62. The van der Waals surface area contributed by atoms with Gasteiger partial charge in [0.1, 0.15) is 0 Å². The molecule has 2 rings (SSSR count). The van der Waals surface area contributed by atoms with Crippen LogP contribution in [0.3, 0.4) is 0 Å². The lowest BCUT2D eigenvalue weighted by Gasteiger charge is -2.18. The summed E-state index contributed by atoms with van der Waals surface area (Å²) in [5, 5.41) is 16.4. The molecule has 0 aliphatic carbocycles. The second-order valence-corrected chi connectivity index (χ2v) is 6.33. The molecule has 1 N–H and O–H groups in total. The Bertz CT molecular complexity index is 614. The van der Waals surface area contributed by atoms with Crippen molar-refractivity contribution in [1.82, 2.24) is 0 Å². The molecule has 0 radical (unpaired) electrons. The van der Waals surface area contributed by atoms with Crippen LogP contribution in [0.1, 0.15) is 29.8 Å². The van der Waals surface area contributed by atoms with E-state index in [4.69, 9.17) is 0 Å². The van der Waals surface area contributed by atoms with Crippen LogP contribution < -0.4 is 5.32 Å². The second kappa shape index (κ2) is 6.37. The van der Waals surface area contributed by atoms with Gasteiger partial charge in [0.2, 0.25) is 0 Å². The number of nitro groups is 1. The molecule has 1 aromatic heterocycles. The van der Waals surface area contributed by atoms with Crippen molar-refractivity contribution in [3.8, 4) is 0 Å². The van der Waals surface area contributed by atoms with Crippen LogP contribution in [0.5, 0.6) is 0 Å². The highest BCUT2D eigenvalue weighted by Crippen LogP contribution is 2.34. The molecule has 0 aliphatic heterocycles. The number of thiophene rings is 1. The van der Waals surface area contributed by atoms with Crippen LogP contribution in [-0.4, -0.2) is 4.92 Å². The zero-order chi connectivity index (χ0) is 14.7.